The Morgan fingerprint density at radius 2 is 1.86 bits per heavy atom. The van der Waals surface area contributed by atoms with Crippen LogP contribution in [0.4, 0.5) is 0 Å². The minimum Gasteiger partial charge on any atom is -0.465 e. The van der Waals surface area contributed by atoms with E-state index in [1.165, 1.54) is 5.56 Å². The second-order valence-corrected chi connectivity index (χ2v) is 5.71. The molecule has 1 aromatic carbocycles. The predicted molar refractivity (Wildman–Crippen MR) is 87.0 cm³/mol. The van der Waals surface area contributed by atoms with Gasteiger partial charge < -0.3 is 10.2 Å². The minimum atomic E-state index is 0.0193. The fourth-order valence-corrected chi connectivity index (χ4v) is 2.81. The van der Waals surface area contributed by atoms with E-state index in [0.29, 0.717) is 0 Å². The van der Waals surface area contributed by atoms with Crippen molar-refractivity contribution in [2.75, 3.05) is 6.54 Å². The molecule has 0 radical (unpaired) electrons. The van der Waals surface area contributed by atoms with Crippen molar-refractivity contribution in [2.45, 2.75) is 45.8 Å². The van der Waals surface area contributed by atoms with Crippen molar-refractivity contribution in [3.63, 3.8) is 0 Å². The van der Waals surface area contributed by atoms with Crippen LogP contribution in [0.3, 0.4) is 0 Å². The van der Waals surface area contributed by atoms with Gasteiger partial charge in [0.15, 0.2) is 0 Å². The van der Waals surface area contributed by atoms with Crippen LogP contribution in [0.1, 0.15) is 43.4 Å². The molecule has 2 unspecified atom stereocenters. The standard InChI is InChI=1S/C18H26N2O/c1-4-12-20(13-16-8-6-5-7-9-16)18(15(3)19)17-11-10-14(2)21-17/h5-11,15,18H,4,12-13,19H2,1-3H3. The van der Waals surface area contributed by atoms with Crippen molar-refractivity contribution in [1.82, 2.24) is 4.90 Å². The summed E-state index contributed by atoms with van der Waals surface area (Å²) in [6.45, 7) is 8.12. The van der Waals surface area contributed by atoms with Gasteiger partial charge in [-0.25, -0.2) is 0 Å². The summed E-state index contributed by atoms with van der Waals surface area (Å²) in [7, 11) is 0. The number of hydrogen-bond acceptors (Lipinski definition) is 3. The summed E-state index contributed by atoms with van der Waals surface area (Å²) in [5.74, 6) is 1.90. The Hall–Kier alpha value is -1.58. The fourth-order valence-electron chi connectivity index (χ4n) is 2.81. The van der Waals surface area contributed by atoms with Crippen LogP contribution in [0.25, 0.3) is 0 Å². The highest BCUT2D eigenvalue weighted by molar-refractivity contribution is 5.16. The fraction of sp³-hybridized carbons (Fsp3) is 0.444. The average molecular weight is 286 g/mol. The average Bonchev–Trinajstić information content (AvgIpc) is 2.86. The molecule has 0 aliphatic rings. The molecule has 0 spiro atoms. The number of furan rings is 1. The number of benzene rings is 1. The monoisotopic (exact) mass is 286 g/mol. The summed E-state index contributed by atoms with van der Waals surface area (Å²) in [4.78, 5) is 2.41. The second kappa shape index (κ2) is 7.43. The quantitative estimate of drug-likeness (QED) is 0.839. The normalized spacial score (nSPS) is 14.3. The lowest BCUT2D eigenvalue weighted by Crippen LogP contribution is -2.39. The van der Waals surface area contributed by atoms with Crippen molar-refractivity contribution in [1.29, 1.82) is 0 Å². The Balaban J connectivity index is 2.24. The van der Waals surface area contributed by atoms with Gasteiger partial charge in [0, 0.05) is 12.6 Å². The van der Waals surface area contributed by atoms with Gasteiger partial charge in [0.1, 0.15) is 11.5 Å². The molecule has 21 heavy (non-hydrogen) atoms. The molecule has 3 heteroatoms. The summed E-state index contributed by atoms with van der Waals surface area (Å²) >= 11 is 0. The molecule has 114 valence electrons. The molecule has 3 nitrogen and oxygen atoms in total. The molecule has 1 heterocycles. The molecule has 0 amide bonds. The highest BCUT2D eigenvalue weighted by atomic mass is 16.3. The smallest absolute Gasteiger partial charge is 0.122 e. The number of nitrogens with zero attached hydrogens (tertiary/aromatic N) is 1. The molecule has 2 N–H and O–H groups in total. The highest BCUT2D eigenvalue weighted by Gasteiger charge is 2.26. The first-order chi connectivity index (χ1) is 10.1. The van der Waals surface area contributed by atoms with Crippen LogP contribution < -0.4 is 5.73 Å². The molecular formula is C18H26N2O. The Morgan fingerprint density at radius 1 is 1.14 bits per heavy atom. The Bertz CT molecular complexity index is 533. The van der Waals surface area contributed by atoms with Crippen LogP contribution in [-0.4, -0.2) is 17.5 Å². The van der Waals surface area contributed by atoms with Gasteiger partial charge in [0.2, 0.25) is 0 Å². The van der Waals surface area contributed by atoms with E-state index in [1.807, 2.05) is 19.1 Å². The van der Waals surface area contributed by atoms with E-state index in [2.05, 4.69) is 49.1 Å². The van der Waals surface area contributed by atoms with E-state index < -0.39 is 0 Å². The topological polar surface area (TPSA) is 42.4 Å². The highest BCUT2D eigenvalue weighted by Crippen LogP contribution is 2.27. The van der Waals surface area contributed by atoms with Gasteiger partial charge in [0.05, 0.1) is 6.04 Å². The van der Waals surface area contributed by atoms with Gasteiger partial charge >= 0.3 is 0 Å². The molecule has 0 aliphatic heterocycles. The molecule has 0 fully saturated rings. The minimum absolute atomic E-state index is 0.0193. The Kier molecular flexibility index (Phi) is 5.59. The van der Waals surface area contributed by atoms with Gasteiger partial charge in [-0.15, -0.1) is 0 Å². The van der Waals surface area contributed by atoms with Gasteiger partial charge in [-0.05, 0) is 44.5 Å². The molecule has 1 aromatic heterocycles. The first kappa shape index (κ1) is 15.8. The molecule has 0 bridgehead atoms. The maximum atomic E-state index is 6.26. The lowest BCUT2D eigenvalue weighted by Gasteiger charge is -2.32. The summed E-state index contributed by atoms with van der Waals surface area (Å²) in [5, 5.41) is 0. The van der Waals surface area contributed by atoms with Gasteiger partial charge in [-0.3, -0.25) is 4.90 Å². The maximum absolute atomic E-state index is 6.26. The zero-order valence-corrected chi connectivity index (χ0v) is 13.3. The van der Waals surface area contributed by atoms with Crippen LogP contribution >= 0.6 is 0 Å². The lowest BCUT2D eigenvalue weighted by molar-refractivity contribution is 0.145. The number of aryl methyl sites for hydroxylation is 1. The third-order valence-electron chi connectivity index (χ3n) is 3.68. The van der Waals surface area contributed by atoms with Crippen molar-refractivity contribution >= 4 is 0 Å². The zero-order chi connectivity index (χ0) is 15.2. The summed E-state index contributed by atoms with van der Waals surface area (Å²) < 4.78 is 5.85. The molecule has 0 saturated heterocycles. The largest absolute Gasteiger partial charge is 0.465 e. The SMILES string of the molecule is CCCN(Cc1ccccc1)C(c1ccc(C)o1)C(C)N. The number of nitrogens with two attached hydrogens (primary N) is 1. The van der Waals surface area contributed by atoms with Crippen LogP contribution in [0.15, 0.2) is 46.9 Å². The first-order valence-corrected chi connectivity index (χ1v) is 7.71. The molecular weight excluding hydrogens is 260 g/mol. The second-order valence-electron chi connectivity index (χ2n) is 5.71. The number of hydrogen-bond donors (Lipinski definition) is 1. The Morgan fingerprint density at radius 3 is 2.38 bits per heavy atom. The van der Waals surface area contributed by atoms with Crippen LogP contribution in [0.5, 0.6) is 0 Å². The van der Waals surface area contributed by atoms with E-state index >= 15 is 0 Å². The van der Waals surface area contributed by atoms with E-state index in [1.54, 1.807) is 0 Å². The van der Waals surface area contributed by atoms with E-state index in [4.69, 9.17) is 10.2 Å². The maximum Gasteiger partial charge on any atom is 0.122 e. The van der Waals surface area contributed by atoms with Crippen molar-refractivity contribution in [3.8, 4) is 0 Å². The summed E-state index contributed by atoms with van der Waals surface area (Å²) in [6, 6.07) is 14.7. The van der Waals surface area contributed by atoms with Crippen molar-refractivity contribution < 1.29 is 4.42 Å². The zero-order valence-electron chi connectivity index (χ0n) is 13.3. The molecule has 2 aromatic rings. The molecule has 0 saturated carbocycles. The summed E-state index contributed by atoms with van der Waals surface area (Å²) in [5.41, 5.74) is 7.57. The van der Waals surface area contributed by atoms with E-state index in [9.17, 15) is 0 Å². The third kappa shape index (κ3) is 4.19. The van der Waals surface area contributed by atoms with Crippen LogP contribution in [0, 0.1) is 6.92 Å². The number of rotatable bonds is 7. The van der Waals surface area contributed by atoms with Crippen molar-refractivity contribution in [3.05, 3.63) is 59.5 Å². The van der Waals surface area contributed by atoms with Gasteiger partial charge in [-0.2, -0.15) is 0 Å². The van der Waals surface area contributed by atoms with Gasteiger partial charge in [0.25, 0.3) is 0 Å². The van der Waals surface area contributed by atoms with Crippen LogP contribution in [-0.2, 0) is 6.54 Å². The summed E-state index contributed by atoms with van der Waals surface area (Å²) in [6.07, 6.45) is 1.09. The van der Waals surface area contributed by atoms with Crippen LogP contribution in [0.2, 0.25) is 0 Å². The Labute approximate surface area is 127 Å². The van der Waals surface area contributed by atoms with Crippen molar-refractivity contribution in [2.24, 2.45) is 5.73 Å². The van der Waals surface area contributed by atoms with E-state index in [-0.39, 0.29) is 12.1 Å². The predicted octanol–water partition coefficient (Wildman–Crippen LogP) is 3.89. The molecule has 2 atom stereocenters. The van der Waals surface area contributed by atoms with Gasteiger partial charge in [-0.1, -0.05) is 37.3 Å². The third-order valence-corrected chi connectivity index (χ3v) is 3.68. The lowest BCUT2D eigenvalue weighted by atomic mass is 10.0. The molecule has 2 rings (SSSR count). The first-order valence-electron chi connectivity index (χ1n) is 7.71. The van der Waals surface area contributed by atoms with E-state index in [0.717, 1.165) is 31.0 Å². The molecule has 0 aliphatic carbocycles.